The number of hydrogen-bond donors (Lipinski definition) is 2. The molecule has 0 unspecified atom stereocenters. The number of aliphatic imine (C=N–C) groups is 1. The molecule has 152 valence electrons. The van der Waals surface area contributed by atoms with Gasteiger partial charge in [0, 0.05) is 25.7 Å². The van der Waals surface area contributed by atoms with Crippen molar-refractivity contribution < 1.29 is 13.9 Å². The summed E-state index contributed by atoms with van der Waals surface area (Å²) < 4.78 is 24.6. The van der Waals surface area contributed by atoms with E-state index in [2.05, 4.69) is 22.5 Å². The predicted molar refractivity (Wildman–Crippen MR) is 116 cm³/mol. The Balaban J connectivity index is 0.00000261. The number of rotatable bonds is 6. The van der Waals surface area contributed by atoms with E-state index in [0.717, 1.165) is 29.4 Å². The van der Waals surface area contributed by atoms with Crippen molar-refractivity contribution in [3.63, 3.8) is 0 Å². The minimum absolute atomic E-state index is 0. The SMILES string of the molecule is CCC1(CNC(=NC)NCCc2cc(F)cc3c2OCOC3)CCCC1.I. The quantitative estimate of drug-likeness (QED) is 0.359. The maximum Gasteiger partial charge on any atom is 0.191 e. The number of halogens is 2. The summed E-state index contributed by atoms with van der Waals surface area (Å²) in [5.41, 5.74) is 2.06. The first-order valence-electron chi connectivity index (χ1n) is 9.62. The van der Waals surface area contributed by atoms with Crippen LogP contribution in [0.3, 0.4) is 0 Å². The van der Waals surface area contributed by atoms with E-state index in [1.807, 2.05) is 0 Å². The Morgan fingerprint density at radius 2 is 2.04 bits per heavy atom. The average molecular weight is 491 g/mol. The normalized spacial score (nSPS) is 18.3. The van der Waals surface area contributed by atoms with Crippen molar-refractivity contribution in [1.29, 1.82) is 0 Å². The molecule has 2 N–H and O–H groups in total. The monoisotopic (exact) mass is 491 g/mol. The van der Waals surface area contributed by atoms with Crippen LogP contribution in [0.15, 0.2) is 17.1 Å². The fourth-order valence-electron chi connectivity index (χ4n) is 4.03. The number of fused-ring (bicyclic) bond motifs is 1. The van der Waals surface area contributed by atoms with E-state index < -0.39 is 0 Å². The van der Waals surface area contributed by atoms with Crippen molar-refractivity contribution in [1.82, 2.24) is 10.6 Å². The summed E-state index contributed by atoms with van der Waals surface area (Å²) in [5, 5.41) is 6.82. The number of hydrogen-bond acceptors (Lipinski definition) is 3. The molecule has 1 fully saturated rings. The summed E-state index contributed by atoms with van der Waals surface area (Å²) in [6.07, 6.45) is 7.11. The fraction of sp³-hybridized carbons (Fsp3) is 0.650. The third-order valence-corrected chi connectivity index (χ3v) is 5.71. The Hall–Kier alpha value is -1.09. The first-order valence-corrected chi connectivity index (χ1v) is 9.62. The third-order valence-electron chi connectivity index (χ3n) is 5.71. The zero-order valence-electron chi connectivity index (χ0n) is 16.3. The van der Waals surface area contributed by atoms with E-state index >= 15 is 0 Å². The zero-order valence-corrected chi connectivity index (χ0v) is 18.6. The van der Waals surface area contributed by atoms with Crippen LogP contribution < -0.4 is 15.4 Å². The molecular weight excluding hydrogens is 460 g/mol. The van der Waals surface area contributed by atoms with Crippen molar-refractivity contribution >= 4 is 29.9 Å². The topological polar surface area (TPSA) is 54.9 Å². The van der Waals surface area contributed by atoms with Crippen molar-refractivity contribution in [3.05, 3.63) is 29.1 Å². The highest BCUT2D eigenvalue weighted by Gasteiger charge is 2.31. The van der Waals surface area contributed by atoms with E-state index in [0.29, 0.717) is 25.0 Å². The van der Waals surface area contributed by atoms with Gasteiger partial charge in [0.05, 0.1) is 6.61 Å². The van der Waals surface area contributed by atoms with Crippen LogP contribution in [-0.2, 0) is 17.8 Å². The number of nitrogens with zero attached hydrogens (tertiary/aromatic N) is 1. The molecular formula is C20H31FIN3O2. The van der Waals surface area contributed by atoms with Gasteiger partial charge >= 0.3 is 0 Å². The molecule has 1 aliphatic heterocycles. The highest BCUT2D eigenvalue weighted by atomic mass is 127. The molecule has 0 saturated heterocycles. The molecule has 1 aliphatic carbocycles. The molecule has 0 spiro atoms. The van der Waals surface area contributed by atoms with Gasteiger partial charge in [-0.05, 0) is 48.8 Å². The van der Waals surface area contributed by atoms with Crippen LogP contribution in [0.2, 0.25) is 0 Å². The number of guanidine groups is 1. The maximum absolute atomic E-state index is 13.8. The molecule has 0 aromatic heterocycles. The second-order valence-electron chi connectivity index (χ2n) is 7.33. The molecule has 27 heavy (non-hydrogen) atoms. The van der Waals surface area contributed by atoms with Crippen molar-refractivity contribution in [3.8, 4) is 5.75 Å². The van der Waals surface area contributed by atoms with Crippen LogP contribution in [0.4, 0.5) is 4.39 Å². The Kier molecular flexibility index (Phi) is 8.60. The van der Waals surface area contributed by atoms with Crippen molar-refractivity contribution in [2.45, 2.75) is 52.1 Å². The average Bonchev–Trinajstić information content (AvgIpc) is 3.13. The van der Waals surface area contributed by atoms with Gasteiger partial charge in [0.2, 0.25) is 0 Å². The Labute approximate surface area is 178 Å². The molecule has 0 amide bonds. The smallest absolute Gasteiger partial charge is 0.191 e. The van der Waals surface area contributed by atoms with Gasteiger partial charge in [0.1, 0.15) is 11.6 Å². The lowest BCUT2D eigenvalue weighted by Gasteiger charge is -2.28. The van der Waals surface area contributed by atoms with E-state index in [1.54, 1.807) is 13.1 Å². The van der Waals surface area contributed by atoms with E-state index in [4.69, 9.17) is 9.47 Å². The van der Waals surface area contributed by atoms with Crippen LogP contribution in [0.5, 0.6) is 5.75 Å². The van der Waals surface area contributed by atoms with Crippen LogP contribution in [0, 0.1) is 11.2 Å². The van der Waals surface area contributed by atoms with E-state index in [-0.39, 0.29) is 36.6 Å². The highest BCUT2D eigenvalue weighted by molar-refractivity contribution is 14.0. The van der Waals surface area contributed by atoms with Gasteiger partial charge in [-0.15, -0.1) is 24.0 Å². The highest BCUT2D eigenvalue weighted by Crippen LogP contribution is 2.40. The fourth-order valence-corrected chi connectivity index (χ4v) is 4.03. The largest absolute Gasteiger partial charge is 0.467 e. The molecule has 1 saturated carbocycles. The summed E-state index contributed by atoms with van der Waals surface area (Å²) in [7, 11) is 1.78. The van der Waals surface area contributed by atoms with Gasteiger partial charge < -0.3 is 20.1 Å². The second-order valence-corrected chi connectivity index (χ2v) is 7.33. The molecule has 0 atom stereocenters. The molecule has 1 aromatic carbocycles. The lowest BCUT2D eigenvalue weighted by Crippen LogP contribution is -2.43. The Morgan fingerprint density at radius 1 is 1.26 bits per heavy atom. The van der Waals surface area contributed by atoms with Gasteiger partial charge in [0.15, 0.2) is 12.8 Å². The van der Waals surface area contributed by atoms with Crippen LogP contribution in [0.25, 0.3) is 0 Å². The van der Waals surface area contributed by atoms with Crippen LogP contribution in [0.1, 0.15) is 50.2 Å². The minimum atomic E-state index is -0.249. The molecule has 1 aromatic rings. The van der Waals surface area contributed by atoms with E-state index in [1.165, 1.54) is 38.2 Å². The number of benzene rings is 1. The van der Waals surface area contributed by atoms with Crippen LogP contribution in [-0.4, -0.2) is 32.9 Å². The van der Waals surface area contributed by atoms with E-state index in [9.17, 15) is 4.39 Å². The summed E-state index contributed by atoms with van der Waals surface area (Å²) in [6.45, 7) is 4.52. The molecule has 1 heterocycles. The Bertz CT molecular complexity index is 648. The lowest BCUT2D eigenvalue weighted by molar-refractivity contribution is -0.0172. The molecule has 2 aliphatic rings. The summed E-state index contributed by atoms with van der Waals surface area (Å²) >= 11 is 0. The number of ether oxygens (including phenoxy) is 2. The molecule has 3 rings (SSSR count). The third kappa shape index (κ3) is 5.70. The van der Waals surface area contributed by atoms with Gasteiger partial charge in [-0.25, -0.2) is 4.39 Å². The van der Waals surface area contributed by atoms with Crippen molar-refractivity contribution in [2.24, 2.45) is 10.4 Å². The first kappa shape index (κ1) is 22.2. The molecule has 0 radical (unpaired) electrons. The maximum atomic E-state index is 13.8. The van der Waals surface area contributed by atoms with Gasteiger partial charge in [-0.1, -0.05) is 19.8 Å². The summed E-state index contributed by atoms with van der Waals surface area (Å²) in [6, 6.07) is 3.03. The van der Waals surface area contributed by atoms with Gasteiger partial charge in [0.25, 0.3) is 0 Å². The second kappa shape index (κ2) is 10.5. The van der Waals surface area contributed by atoms with Gasteiger partial charge in [-0.2, -0.15) is 0 Å². The first-order chi connectivity index (χ1) is 12.7. The zero-order chi connectivity index (χ0) is 18.4. The van der Waals surface area contributed by atoms with Gasteiger partial charge in [-0.3, -0.25) is 4.99 Å². The predicted octanol–water partition coefficient (Wildman–Crippen LogP) is 3.99. The minimum Gasteiger partial charge on any atom is -0.467 e. The van der Waals surface area contributed by atoms with Crippen LogP contribution >= 0.6 is 24.0 Å². The lowest BCUT2D eigenvalue weighted by atomic mass is 9.83. The number of nitrogens with one attached hydrogen (secondary N) is 2. The summed E-state index contributed by atoms with van der Waals surface area (Å²) in [4.78, 5) is 4.32. The summed E-state index contributed by atoms with van der Waals surface area (Å²) in [5.74, 6) is 1.32. The van der Waals surface area contributed by atoms with Crippen molar-refractivity contribution in [2.75, 3.05) is 26.9 Å². The molecule has 5 nitrogen and oxygen atoms in total. The standard InChI is InChI=1S/C20H30FN3O2.HI/c1-3-20(7-4-5-8-20)13-24-19(22-2)23-9-6-15-10-17(21)11-16-12-25-14-26-18(15)16;/h10-11H,3-9,12-14H2,1-2H3,(H2,22,23,24);1H. The molecule has 7 heteroatoms. The Morgan fingerprint density at radius 3 is 2.74 bits per heavy atom. The molecule has 0 bridgehead atoms.